The van der Waals surface area contributed by atoms with Gasteiger partial charge in [-0.2, -0.15) is 0 Å². The molecule has 0 bridgehead atoms. The fraction of sp³-hybridized carbons (Fsp3) is 0.538. The van der Waals surface area contributed by atoms with Gasteiger partial charge in [0, 0.05) is 10.5 Å². The topological polar surface area (TPSA) is 26.0 Å². The van der Waals surface area contributed by atoms with Crippen molar-refractivity contribution in [1.29, 1.82) is 0 Å². The predicted octanol–water partition coefficient (Wildman–Crippen LogP) is 4.45. The Bertz CT molecular complexity index is 306. The lowest BCUT2D eigenvalue weighted by Crippen LogP contribution is -2.23. The lowest BCUT2D eigenvalue weighted by Gasteiger charge is -2.27. The minimum Gasteiger partial charge on any atom is -0.324 e. The Kier molecular flexibility index (Phi) is 5.81. The minimum atomic E-state index is 0. The van der Waals surface area contributed by atoms with E-state index in [-0.39, 0.29) is 18.4 Å². The van der Waals surface area contributed by atoms with Crippen LogP contribution in [0.3, 0.4) is 0 Å². The number of benzene rings is 1. The highest BCUT2D eigenvalue weighted by Crippen LogP contribution is 2.33. The molecule has 0 amide bonds. The molecular formula is C13H19BrClN. The van der Waals surface area contributed by atoms with Crippen molar-refractivity contribution in [3.63, 3.8) is 0 Å². The van der Waals surface area contributed by atoms with Gasteiger partial charge in [0.1, 0.15) is 0 Å². The van der Waals surface area contributed by atoms with E-state index >= 15 is 0 Å². The molecule has 0 spiro atoms. The molecule has 1 nitrogen and oxygen atoms in total. The molecule has 3 heteroatoms. The Balaban J connectivity index is 0.00000128. The molecule has 0 unspecified atom stereocenters. The van der Waals surface area contributed by atoms with Crippen molar-refractivity contribution in [2.24, 2.45) is 11.7 Å². The van der Waals surface area contributed by atoms with E-state index in [2.05, 4.69) is 40.2 Å². The van der Waals surface area contributed by atoms with Gasteiger partial charge in [-0.25, -0.2) is 0 Å². The highest BCUT2D eigenvalue weighted by Gasteiger charge is 2.21. The van der Waals surface area contributed by atoms with E-state index < -0.39 is 0 Å². The number of hydrogen-bond donors (Lipinski definition) is 1. The van der Waals surface area contributed by atoms with Crippen molar-refractivity contribution in [2.75, 3.05) is 0 Å². The molecule has 1 aliphatic carbocycles. The van der Waals surface area contributed by atoms with Crippen LogP contribution in [-0.2, 0) is 0 Å². The molecule has 1 aliphatic rings. The van der Waals surface area contributed by atoms with Gasteiger partial charge in [-0.05, 0) is 36.5 Å². The van der Waals surface area contributed by atoms with Crippen LogP contribution in [0.15, 0.2) is 28.7 Å². The SMILES string of the molecule is Cl.N[C@@H](c1ccc(Br)cc1)C1CCCCC1. The molecule has 0 heterocycles. The van der Waals surface area contributed by atoms with Gasteiger partial charge in [-0.3, -0.25) is 0 Å². The summed E-state index contributed by atoms with van der Waals surface area (Å²) in [6.07, 6.45) is 6.71. The van der Waals surface area contributed by atoms with Crippen LogP contribution in [-0.4, -0.2) is 0 Å². The summed E-state index contributed by atoms with van der Waals surface area (Å²) in [5.74, 6) is 0.694. The molecule has 0 saturated heterocycles. The van der Waals surface area contributed by atoms with E-state index in [9.17, 15) is 0 Å². The van der Waals surface area contributed by atoms with E-state index in [0.717, 1.165) is 4.47 Å². The van der Waals surface area contributed by atoms with E-state index in [1.165, 1.54) is 37.7 Å². The van der Waals surface area contributed by atoms with E-state index in [0.29, 0.717) is 5.92 Å². The van der Waals surface area contributed by atoms with Crippen molar-refractivity contribution in [3.05, 3.63) is 34.3 Å². The van der Waals surface area contributed by atoms with Gasteiger partial charge in [0.15, 0.2) is 0 Å². The Morgan fingerprint density at radius 2 is 1.62 bits per heavy atom. The fourth-order valence-electron chi connectivity index (χ4n) is 2.45. The van der Waals surface area contributed by atoms with Crippen LogP contribution in [0.2, 0.25) is 0 Å². The molecule has 90 valence electrons. The summed E-state index contributed by atoms with van der Waals surface area (Å²) < 4.78 is 1.13. The molecule has 0 aromatic heterocycles. The van der Waals surface area contributed by atoms with Gasteiger partial charge >= 0.3 is 0 Å². The maximum atomic E-state index is 6.30. The zero-order chi connectivity index (χ0) is 10.7. The van der Waals surface area contributed by atoms with Gasteiger partial charge in [0.05, 0.1) is 0 Å². The van der Waals surface area contributed by atoms with Crippen LogP contribution in [0, 0.1) is 5.92 Å². The third-order valence-electron chi connectivity index (χ3n) is 3.41. The molecular weight excluding hydrogens is 286 g/mol. The summed E-state index contributed by atoms with van der Waals surface area (Å²) in [4.78, 5) is 0. The van der Waals surface area contributed by atoms with Gasteiger partial charge in [-0.15, -0.1) is 12.4 Å². The van der Waals surface area contributed by atoms with Gasteiger partial charge in [0.2, 0.25) is 0 Å². The van der Waals surface area contributed by atoms with Gasteiger partial charge < -0.3 is 5.73 Å². The summed E-state index contributed by atoms with van der Waals surface area (Å²) >= 11 is 3.45. The number of rotatable bonds is 2. The Morgan fingerprint density at radius 1 is 1.06 bits per heavy atom. The first-order chi connectivity index (χ1) is 7.27. The highest BCUT2D eigenvalue weighted by atomic mass is 79.9. The van der Waals surface area contributed by atoms with Crippen molar-refractivity contribution >= 4 is 28.3 Å². The standard InChI is InChI=1S/C13H18BrN.ClH/c14-12-8-6-11(7-9-12)13(15)10-4-2-1-3-5-10;/h6-10,13H,1-5,15H2;1H/t13-;/m1./s1. The van der Waals surface area contributed by atoms with Crippen molar-refractivity contribution in [1.82, 2.24) is 0 Å². The molecule has 0 radical (unpaired) electrons. The summed E-state index contributed by atoms with van der Waals surface area (Å²) in [7, 11) is 0. The molecule has 2 rings (SSSR count). The monoisotopic (exact) mass is 303 g/mol. The molecule has 1 aromatic rings. The third kappa shape index (κ3) is 3.47. The molecule has 1 saturated carbocycles. The summed E-state index contributed by atoms with van der Waals surface area (Å²) in [5.41, 5.74) is 7.59. The highest BCUT2D eigenvalue weighted by molar-refractivity contribution is 9.10. The lowest BCUT2D eigenvalue weighted by atomic mass is 9.82. The Hall–Kier alpha value is -0.0500. The molecule has 2 N–H and O–H groups in total. The van der Waals surface area contributed by atoms with Crippen LogP contribution in [0.1, 0.15) is 43.7 Å². The van der Waals surface area contributed by atoms with Crippen LogP contribution in [0.4, 0.5) is 0 Å². The minimum absolute atomic E-state index is 0. The zero-order valence-corrected chi connectivity index (χ0v) is 11.8. The van der Waals surface area contributed by atoms with Crippen LogP contribution in [0.5, 0.6) is 0 Å². The van der Waals surface area contributed by atoms with Gasteiger partial charge in [0.25, 0.3) is 0 Å². The van der Waals surface area contributed by atoms with Crippen LogP contribution >= 0.6 is 28.3 Å². The number of halogens is 2. The maximum Gasteiger partial charge on any atom is 0.0323 e. The lowest BCUT2D eigenvalue weighted by molar-refractivity contribution is 0.308. The second-order valence-corrected chi connectivity index (χ2v) is 5.39. The average molecular weight is 305 g/mol. The first-order valence-corrected chi connectivity index (χ1v) is 6.58. The largest absolute Gasteiger partial charge is 0.324 e. The van der Waals surface area contributed by atoms with E-state index in [1.807, 2.05) is 0 Å². The van der Waals surface area contributed by atoms with Crippen molar-refractivity contribution < 1.29 is 0 Å². The first-order valence-electron chi connectivity index (χ1n) is 5.78. The van der Waals surface area contributed by atoms with E-state index in [1.54, 1.807) is 0 Å². The third-order valence-corrected chi connectivity index (χ3v) is 3.94. The predicted molar refractivity (Wildman–Crippen MR) is 74.9 cm³/mol. The van der Waals surface area contributed by atoms with Crippen LogP contribution in [0.25, 0.3) is 0 Å². The fourth-order valence-corrected chi connectivity index (χ4v) is 2.71. The number of hydrogen-bond acceptors (Lipinski definition) is 1. The van der Waals surface area contributed by atoms with Crippen molar-refractivity contribution in [2.45, 2.75) is 38.1 Å². The normalized spacial score (nSPS) is 18.9. The summed E-state index contributed by atoms with van der Waals surface area (Å²) in [6.45, 7) is 0. The average Bonchev–Trinajstić information content (AvgIpc) is 2.30. The zero-order valence-electron chi connectivity index (χ0n) is 9.36. The van der Waals surface area contributed by atoms with Crippen molar-refractivity contribution in [3.8, 4) is 0 Å². The van der Waals surface area contributed by atoms with E-state index in [4.69, 9.17) is 5.73 Å². The Morgan fingerprint density at radius 3 is 2.19 bits per heavy atom. The molecule has 16 heavy (non-hydrogen) atoms. The second-order valence-electron chi connectivity index (χ2n) is 4.48. The molecule has 0 aliphatic heterocycles. The quantitative estimate of drug-likeness (QED) is 0.858. The second kappa shape index (κ2) is 6.63. The number of nitrogens with two attached hydrogens (primary N) is 1. The van der Waals surface area contributed by atoms with Crippen LogP contribution < -0.4 is 5.73 Å². The smallest absolute Gasteiger partial charge is 0.0323 e. The molecule has 1 fully saturated rings. The molecule has 1 atom stereocenters. The summed E-state index contributed by atoms with van der Waals surface area (Å²) in [5, 5.41) is 0. The summed E-state index contributed by atoms with van der Waals surface area (Å²) in [6, 6.07) is 8.68. The van der Waals surface area contributed by atoms with Gasteiger partial charge in [-0.1, -0.05) is 47.3 Å². The Labute approximate surface area is 112 Å². The maximum absolute atomic E-state index is 6.30. The molecule has 1 aromatic carbocycles. The first kappa shape index (κ1) is 14.0.